The van der Waals surface area contributed by atoms with Gasteiger partial charge in [-0.3, -0.25) is 0 Å². The third-order valence-electron chi connectivity index (χ3n) is 2.48. The van der Waals surface area contributed by atoms with E-state index in [0.29, 0.717) is 6.04 Å². The molecule has 0 radical (unpaired) electrons. The van der Waals surface area contributed by atoms with E-state index in [4.69, 9.17) is 0 Å². The maximum atomic E-state index is 4.67. The minimum absolute atomic E-state index is 0.0252. The second-order valence-corrected chi connectivity index (χ2v) is 8.05. The molecular weight excluding hydrogens is 276 g/mol. The largest absolute Gasteiger partial charge is 0.358 e. The van der Waals surface area contributed by atoms with E-state index in [-0.39, 0.29) is 5.41 Å². The molecule has 0 saturated carbocycles. The summed E-state index contributed by atoms with van der Waals surface area (Å²) in [5, 5.41) is 14.7. The van der Waals surface area contributed by atoms with Crippen LogP contribution in [0.3, 0.4) is 0 Å². The van der Waals surface area contributed by atoms with Gasteiger partial charge in [0.1, 0.15) is 0 Å². The molecule has 0 fully saturated rings. The molecule has 2 heterocycles. The first kappa shape index (κ1) is 14.4. The number of aromatic nitrogens is 3. The van der Waals surface area contributed by atoms with Crippen molar-refractivity contribution < 1.29 is 0 Å². The Morgan fingerprint density at radius 1 is 1.11 bits per heavy atom. The Bertz CT molecular complexity index is 563. The van der Waals surface area contributed by atoms with Crippen LogP contribution in [-0.4, -0.2) is 21.2 Å². The highest BCUT2D eigenvalue weighted by molar-refractivity contribution is 7.23. The van der Waals surface area contributed by atoms with Gasteiger partial charge in [-0.2, -0.15) is 0 Å². The fourth-order valence-corrected chi connectivity index (χ4v) is 3.79. The third-order valence-corrected chi connectivity index (χ3v) is 4.45. The number of anilines is 1. The van der Waals surface area contributed by atoms with Gasteiger partial charge in [0.05, 0.1) is 15.6 Å². The molecule has 4 nitrogen and oxygen atoms in total. The highest BCUT2D eigenvalue weighted by atomic mass is 32.1. The smallest absolute Gasteiger partial charge is 0.206 e. The van der Waals surface area contributed by atoms with Crippen LogP contribution in [0.15, 0.2) is 0 Å². The number of nitrogens with zero attached hydrogens (tertiary/aromatic N) is 3. The summed E-state index contributed by atoms with van der Waals surface area (Å²) in [6.45, 7) is 12.8. The molecule has 1 N–H and O–H groups in total. The standard InChI is InChI=1S/C13H20N4S2/c1-7(2)14-12-17-16-11(19-12)9-10(13(4,5)6)15-8(3)18-9/h7H,1-6H3,(H,14,17). The molecular formula is C13H20N4S2. The third kappa shape index (κ3) is 3.30. The molecule has 0 aliphatic rings. The highest BCUT2D eigenvalue weighted by Gasteiger charge is 2.25. The lowest BCUT2D eigenvalue weighted by molar-refractivity contribution is 0.573. The predicted molar refractivity (Wildman–Crippen MR) is 83.2 cm³/mol. The summed E-state index contributed by atoms with van der Waals surface area (Å²) in [6, 6.07) is 0.367. The molecule has 0 saturated heterocycles. The van der Waals surface area contributed by atoms with Crippen LogP contribution in [0.5, 0.6) is 0 Å². The van der Waals surface area contributed by atoms with Crippen LogP contribution >= 0.6 is 22.7 Å². The lowest BCUT2D eigenvalue weighted by atomic mass is 9.91. The van der Waals surface area contributed by atoms with E-state index >= 15 is 0 Å². The molecule has 2 aromatic heterocycles. The molecule has 19 heavy (non-hydrogen) atoms. The van der Waals surface area contributed by atoms with Crippen LogP contribution in [0.1, 0.15) is 45.3 Å². The van der Waals surface area contributed by atoms with Crippen molar-refractivity contribution in [2.75, 3.05) is 5.32 Å². The Morgan fingerprint density at radius 3 is 2.37 bits per heavy atom. The van der Waals surface area contributed by atoms with Crippen molar-refractivity contribution in [2.45, 2.75) is 53.0 Å². The summed E-state index contributed by atoms with van der Waals surface area (Å²) in [5.74, 6) is 0. The average molecular weight is 296 g/mol. The van der Waals surface area contributed by atoms with Crippen LogP contribution in [0, 0.1) is 6.92 Å². The Hall–Kier alpha value is -1.01. The van der Waals surface area contributed by atoms with Crippen molar-refractivity contribution in [1.82, 2.24) is 15.2 Å². The molecule has 0 aliphatic carbocycles. The van der Waals surface area contributed by atoms with Gasteiger partial charge in [-0.1, -0.05) is 32.1 Å². The van der Waals surface area contributed by atoms with E-state index in [1.807, 2.05) is 6.92 Å². The monoisotopic (exact) mass is 296 g/mol. The molecule has 0 atom stereocenters. The second kappa shape index (κ2) is 5.17. The second-order valence-electron chi connectivity index (χ2n) is 5.87. The number of nitrogens with one attached hydrogen (secondary N) is 1. The number of hydrogen-bond acceptors (Lipinski definition) is 6. The van der Waals surface area contributed by atoms with Crippen molar-refractivity contribution in [3.63, 3.8) is 0 Å². The summed E-state index contributed by atoms with van der Waals surface area (Å²) >= 11 is 3.29. The van der Waals surface area contributed by atoms with Crippen molar-refractivity contribution in [3.8, 4) is 9.88 Å². The van der Waals surface area contributed by atoms with Gasteiger partial charge in [-0.15, -0.1) is 21.5 Å². The molecule has 0 spiro atoms. The number of aryl methyl sites for hydroxylation is 1. The first-order chi connectivity index (χ1) is 8.77. The summed E-state index contributed by atoms with van der Waals surface area (Å²) < 4.78 is 0. The van der Waals surface area contributed by atoms with Crippen molar-refractivity contribution in [2.24, 2.45) is 0 Å². The lowest BCUT2D eigenvalue weighted by Gasteiger charge is -2.16. The fourth-order valence-electron chi connectivity index (χ4n) is 1.70. The van der Waals surface area contributed by atoms with Gasteiger partial charge in [0.2, 0.25) is 5.13 Å². The zero-order valence-corrected chi connectivity index (χ0v) is 13.9. The minimum Gasteiger partial charge on any atom is -0.358 e. The predicted octanol–water partition coefficient (Wildman–Crippen LogP) is 4.09. The van der Waals surface area contributed by atoms with E-state index in [0.717, 1.165) is 25.7 Å². The van der Waals surface area contributed by atoms with Crippen LogP contribution in [0.2, 0.25) is 0 Å². The number of thiazole rings is 1. The molecule has 2 rings (SSSR count). The van der Waals surface area contributed by atoms with E-state index < -0.39 is 0 Å². The van der Waals surface area contributed by atoms with Crippen LogP contribution in [0.4, 0.5) is 5.13 Å². The van der Waals surface area contributed by atoms with E-state index in [9.17, 15) is 0 Å². The quantitative estimate of drug-likeness (QED) is 0.927. The zero-order chi connectivity index (χ0) is 14.2. The Kier molecular flexibility index (Phi) is 3.92. The molecule has 0 amide bonds. The molecule has 104 valence electrons. The highest BCUT2D eigenvalue weighted by Crippen LogP contribution is 2.39. The Labute approximate surface area is 122 Å². The van der Waals surface area contributed by atoms with Gasteiger partial charge < -0.3 is 5.32 Å². The van der Waals surface area contributed by atoms with Gasteiger partial charge in [0.15, 0.2) is 5.01 Å². The van der Waals surface area contributed by atoms with Gasteiger partial charge in [0.25, 0.3) is 0 Å². The van der Waals surface area contributed by atoms with Crippen molar-refractivity contribution in [3.05, 3.63) is 10.7 Å². The molecule has 0 unspecified atom stereocenters. The fraction of sp³-hybridized carbons (Fsp3) is 0.615. The number of hydrogen-bond donors (Lipinski definition) is 1. The summed E-state index contributed by atoms with van der Waals surface area (Å²) in [6.07, 6.45) is 0. The van der Waals surface area contributed by atoms with E-state index in [1.165, 1.54) is 0 Å². The van der Waals surface area contributed by atoms with Crippen molar-refractivity contribution >= 4 is 27.8 Å². The van der Waals surface area contributed by atoms with Gasteiger partial charge in [-0.05, 0) is 20.8 Å². The van der Waals surface area contributed by atoms with Gasteiger partial charge in [0, 0.05) is 11.5 Å². The van der Waals surface area contributed by atoms with E-state index in [2.05, 4.69) is 55.1 Å². The van der Waals surface area contributed by atoms with Gasteiger partial charge in [-0.25, -0.2) is 4.98 Å². The zero-order valence-electron chi connectivity index (χ0n) is 12.2. The van der Waals surface area contributed by atoms with Crippen LogP contribution in [-0.2, 0) is 5.41 Å². The topological polar surface area (TPSA) is 50.7 Å². The Morgan fingerprint density at radius 2 is 1.79 bits per heavy atom. The first-order valence-corrected chi connectivity index (χ1v) is 7.99. The van der Waals surface area contributed by atoms with Crippen LogP contribution < -0.4 is 5.32 Å². The molecule has 0 aromatic carbocycles. The maximum absolute atomic E-state index is 4.67. The summed E-state index contributed by atoms with van der Waals surface area (Å²) in [5.41, 5.74) is 1.14. The molecule has 6 heteroatoms. The van der Waals surface area contributed by atoms with Gasteiger partial charge >= 0.3 is 0 Å². The molecule has 0 bridgehead atoms. The molecule has 0 aliphatic heterocycles. The SMILES string of the molecule is Cc1nc(C(C)(C)C)c(-c2nnc(NC(C)C)s2)s1. The normalized spacial score (nSPS) is 12.2. The lowest BCUT2D eigenvalue weighted by Crippen LogP contribution is -2.12. The molecule has 2 aromatic rings. The average Bonchev–Trinajstić information content (AvgIpc) is 2.82. The minimum atomic E-state index is 0.0252. The number of rotatable bonds is 3. The Balaban J connectivity index is 2.39. The first-order valence-electron chi connectivity index (χ1n) is 6.35. The van der Waals surface area contributed by atoms with E-state index in [1.54, 1.807) is 22.7 Å². The summed E-state index contributed by atoms with van der Waals surface area (Å²) in [4.78, 5) is 5.82. The maximum Gasteiger partial charge on any atom is 0.206 e. The summed E-state index contributed by atoms with van der Waals surface area (Å²) in [7, 11) is 0. The van der Waals surface area contributed by atoms with Crippen molar-refractivity contribution in [1.29, 1.82) is 0 Å². The van der Waals surface area contributed by atoms with Crippen LogP contribution in [0.25, 0.3) is 9.88 Å².